The minimum absolute atomic E-state index is 0.104. The fourth-order valence-electron chi connectivity index (χ4n) is 6.19. The van der Waals surface area contributed by atoms with E-state index in [-0.39, 0.29) is 23.8 Å². The average Bonchev–Trinajstić information content (AvgIpc) is 3.30. The lowest BCUT2D eigenvalue weighted by Gasteiger charge is -2.47. The molecule has 1 saturated heterocycles. The van der Waals surface area contributed by atoms with Crippen molar-refractivity contribution in [1.29, 1.82) is 0 Å². The summed E-state index contributed by atoms with van der Waals surface area (Å²) in [4.78, 5) is 15.5. The molecule has 2 atom stereocenters. The van der Waals surface area contributed by atoms with Crippen molar-refractivity contribution >= 4 is 47.8 Å². The van der Waals surface area contributed by atoms with Crippen molar-refractivity contribution in [1.82, 2.24) is 4.90 Å². The quantitative estimate of drug-likeness (QED) is 0.189. The van der Waals surface area contributed by atoms with Crippen molar-refractivity contribution in [2.75, 3.05) is 4.31 Å². The number of para-hydroxylation sites is 1. The number of rotatable bonds is 6. The number of carbonyl (C=O) groups excluding carboxylic acids is 1. The van der Waals surface area contributed by atoms with Crippen LogP contribution in [0.25, 0.3) is 3.58 Å². The van der Waals surface area contributed by atoms with Crippen molar-refractivity contribution in [2.45, 2.75) is 49.0 Å². The number of aryl methyl sites for hydroxylation is 1. The number of likely N-dealkylation sites (tertiary alicyclic amines) is 1. The van der Waals surface area contributed by atoms with Crippen molar-refractivity contribution in [2.24, 2.45) is 0 Å². The molecule has 6 rings (SSSR count). The molecule has 0 spiro atoms. The second-order valence-electron chi connectivity index (χ2n) is 11.1. The van der Waals surface area contributed by atoms with E-state index in [1.165, 1.54) is 16.4 Å². The molecule has 2 heterocycles. The van der Waals surface area contributed by atoms with Crippen molar-refractivity contribution < 1.29 is 26.4 Å². The van der Waals surface area contributed by atoms with E-state index in [9.17, 15) is 26.4 Å². The third-order valence-corrected chi connectivity index (χ3v) is 11.1. The van der Waals surface area contributed by atoms with Crippen LogP contribution in [0, 0.1) is 6.92 Å². The van der Waals surface area contributed by atoms with Gasteiger partial charge in [0.2, 0.25) is 5.91 Å². The number of amides is 1. The molecule has 0 bridgehead atoms. The molecule has 0 unspecified atom stereocenters. The summed E-state index contributed by atoms with van der Waals surface area (Å²) in [6.07, 6.45) is -2.98. The Bertz CT molecular complexity index is 1840. The first kappa shape index (κ1) is 30.4. The van der Waals surface area contributed by atoms with Crippen molar-refractivity contribution in [3.05, 3.63) is 137 Å². The summed E-state index contributed by atoms with van der Waals surface area (Å²) < 4.78 is 71.0. The Balaban J connectivity index is 1.56. The number of nitrogens with zero attached hydrogens (tertiary/aromatic N) is 2. The van der Waals surface area contributed by atoms with Gasteiger partial charge in [-0.15, -0.1) is 0 Å². The Kier molecular flexibility index (Phi) is 7.86. The van der Waals surface area contributed by atoms with Gasteiger partial charge in [0, 0.05) is 16.5 Å². The second-order valence-corrected chi connectivity index (χ2v) is 14.1. The molecule has 0 aliphatic carbocycles. The zero-order valence-corrected chi connectivity index (χ0v) is 26.6. The second kappa shape index (κ2) is 11.4. The molecule has 2 aliphatic rings. The number of fused-ring (bicyclic) bond motifs is 3. The lowest BCUT2D eigenvalue weighted by atomic mass is 9.72. The molecule has 4 aromatic rings. The minimum Gasteiger partial charge on any atom is -0.316 e. The standard InChI is InChI=1S/C34H28F3IN2O3S/c1-23-11-17-27(18-12-23)44(42,43)40-30-10-6-5-9-28(30)33(21-29(38)25-13-15-26(16-14-25)34(35,36)37)20-19-31(41)39(32(33)40)22-24-7-3-2-4-8-24/h2-18,21,32H,19-20,22H2,1H3/b29-21-/t32-,33-/m1/s1. The molecule has 0 aromatic heterocycles. The topological polar surface area (TPSA) is 57.7 Å². The fraction of sp³-hybridized carbons (Fsp3) is 0.206. The Morgan fingerprint density at radius 1 is 0.932 bits per heavy atom. The first-order valence-corrected chi connectivity index (χ1v) is 16.5. The number of carbonyl (C=O) groups is 1. The van der Waals surface area contributed by atoms with Gasteiger partial charge in [-0.2, -0.15) is 13.2 Å². The Morgan fingerprint density at radius 2 is 1.57 bits per heavy atom. The number of hydrogen-bond acceptors (Lipinski definition) is 3. The summed E-state index contributed by atoms with van der Waals surface area (Å²) >= 11 is 2.10. The fourth-order valence-corrected chi connectivity index (χ4v) is 8.80. The summed E-state index contributed by atoms with van der Waals surface area (Å²) in [5.74, 6) is -0.177. The van der Waals surface area contributed by atoms with Crippen LogP contribution in [-0.2, 0) is 33.0 Å². The largest absolute Gasteiger partial charge is 0.416 e. The summed E-state index contributed by atoms with van der Waals surface area (Å²) in [6, 6.07) is 28.2. The third kappa shape index (κ3) is 5.32. The van der Waals surface area contributed by atoms with Crippen LogP contribution < -0.4 is 4.31 Å². The number of sulfonamides is 1. The molecule has 0 saturated carbocycles. The van der Waals surface area contributed by atoms with Gasteiger partial charge in [0.1, 0.15) is 6.17 Å². The van der Waals surface area contributed by atoms with Gasteiger partial charge in [0.15, 0.2) is 0 Å². The predicted molar refractivity (Wildman–Crippen MR) is 172 cm³/mol. The summed E-state index contributed by atoms with van der Waals surface area (Å²) in [7, 11) is -4.17. The van der Waals surface area contributed by atoms with E-state index in [1.54, 1.807) is 41.3 Å². The number of piperidine rings is 1. The van der Waals surface area contributed by atoms with Gasteiger partial charge in [0.05, 0.1) is 21.6 Å². The normalized spacial score (nSPS) is 20.4. The molecule has 1 amide bonds. The van der Waals surface area contributed by atoms with Crippen LogP contribution >= 0.6 is 22.6 Å². The molecule has 226 valence electrons. The van der Waals surface area contributed by atoms with Gasteiger partial charge in [0.25, 0.3) is 10.0 Å². The maximum Gasteiger partial charge on any atom is 0.416 e. The van der Waals surface area contributed by atoms with Crippen LogP contribution in [0.2, 0.25) is 0 Å². The molecule has 10 heteroatoms. The molecular weight excluding hydrogens is 700 g/mol. The van der Waals surface area contributed by atoms with E-state index < -0.39 is 33.3 Å². The van der Waals surface area contributed by atoms with Crippen LogP contribution in [0.3, 0.4) is 0 Å². The zero-order chi connectivity index (χ0) is 31.3. The van der Waals surface area contributed by atoms with Crippen LogP contribution in [-0.4, -0.2) is 25.4 Å². The van der Waals surface area contributed by atoms with E-state index >= 15 is 0 Å². The van der Waals surface area contributed by atoms with E-state index in [0.717, 1.165) is 28.8 Å². The van der Waals surface area contributed by atoms with Crippen molar-refractivity contribution in [3.8, 4) is 0 Å². The Morgan fingerprint density at radius 3 is 2.23 bits per heavy atom. The average molecular weight is 729 g/mol. The van der Waals surface area contributed by atoms with Gasteiger partial charge in [-0.25, -0.2) is 12.7 Å². The molecule has 4 aromatic carbocycles. The number of halogens is 4. The first-order valence-electron chi connectivity index (χ1n) is 14.0. The van der Waals surface area contributed by atoms with E-state index in [4.69, 9.17) is 0 Å². The predicted octanol–water partition coefficient (Wildman–Crippen LogP) is 8.09. The number of hydrogen-bond donors (Lipinski definition) is 0. The number of benzene rings is 4. The maximum atomic E-state index is 14.6. The van der Waals surface area contributed by atoms with Crippen LogP contribution in [0.4, 0.5) is 18.9 Å². The highest BCUT2D eigenvalue weighted by atomic mass is 127. The van der Waals surface area contributed by atoms with Gasteiger partial charge in [-0.05, 0) is 83.0 Å². The monoisotopic (exact) mass is 728 g/mol. The van der Waals surface area contributed by atoms with E-state index in [2.05, 4.69) is 22.6 Å². The van der Waals surface area contributed by atoms with Gasteiger partial charge in [-0.3, -0.25) is 4.79 Å². The molecule has 2 aliphatic heterocycles. The van der Waals surface area contributed by atoms with E-state index in [1.807, 2.05) is 55.5 Å². The maximum absolute atomic E-state index is 14.6. The number of anilines is 1. The minimum atomic E-state index is -4.46. The Labute approximate surface area is 268 Å². The van der Waals surface area contributed by atoms with Gasteiger partial charge < -0.3 is 4.90 Å². The summed E-state index contributed by atoms with van der Waals surface area (Å²) in [6.45, 7) is 2.06. The lowest BCUT2D eigenvalue weighted by molar-refractivity contribution is -0.139. The third-order valence-electron chi connectivity index (χ3n) is 8.34. The smallest absolute Gasteiger partial charge is 0.316 e. The molecule has 0 N–H and O–H groups in total. The SMILES string of the molecule is Cc1ccc(S(=O)(=O)N2c3ccccc3[C@]3(/C=C(\I)c4ccc(C(F)(F)F)cc4)CCC(=O)N(Cc4ccccc4)[C@H]23)cc1. The molecule has 0 radical (unpaired) electrons. The molecule has 44 heavy (non-hydrogen) atoms. The first-order chi connectivity index (χ1) is 20.9. The van der Waals surface area contributed by atoms with Crippen LogP contribution in [0.1, 0.15) is 40.7 Å². The molecule has 1 fully saturated rings. The summed E-state index contributed by atoms with van der Waals surface area (Å²) in [5, 5.41) is 0. The van der Waals surface area contributed by atoms with Crippen molar-refractivity contribution in [3.63, 3.8) is 0 Å². The van der Waals surface area contributed by atoms with Gasteiger partial charge in [-0.1, -0.05) is 84.4 Å². The Hall–Kier alpha value is -3.64. The lowest BCUT2D eigenvalue weighted by Crippen LogP contribution is -2.61. The molecule has 5 nitrogen and oxygen atoms in total. The molecular formula is C34H28F3IN2O3S. The van der Waals surface area contributed by atoms with Gasteiger partial charge >= 0.3 is 6.18 Å². The highest BCUT2D eigenvalue weighted by Gasteiger charge is 2.59. The highest BCUT2D eigenvalue weighted by Crippen LogP contribution is 2.55. The number of alkyl halides is 3. The van der Waals surface area contributed by atoms with Crippen LogP contribution in [0.15, 0.2) is 114 Å². The van der Waals surface area contributed by atoms with E-state index in [0.29, 0.717) is 21.3 Å². The summed E-state index contributed by atoms with van der Waals surface area (Å²) in [5.41, 5.74) is 1.81. The van der Waals surface area contributed by atoms with Crippen LogP contribution in [0.5, 0.6) is 0 Å². The highest BCUT2D eigenvalue weighted by molar-refractivity contribution is 14.1. The zero-order valence-electron chi connectivity index (χ0n) is 23.6.